The molecule has 0 saturated carbocycles. The van der Waals surface area contributed by atoms with Crippen molar-refractivity contribution in [2.24, 2.45) is 5.10 Å². The molecular weight excluding hydrogens is 264 g/mol. The second-order valence-corrected chi connectivity index (χ2v) is 5.24. The van der Waals surface area contributed by atoms with Crippen LogP contribution in [0, 0.1) is 0 Å². The van der Waals surface area contributed by atoms with E-state index >= 15 is 0 Å². The SMILES string of the molecule is CC(C)OC(=O)c1ccc(C2=NNC(=O)CS2)cc1. The highest BCUT2D eigenvalue weighted by molar-refractivity contribution is 8.15. The van der Waals surface area contributed by atoms with Crippen LogP contribution in [0.3, 0.4) is 0 Å². The normalized spacial score (nSPS) is 14.9. The van der Waals surface area contributed by atoms with Crippen LogP contribution in [0.4, 0.5) is 0 Å². The summed E-state index contributed by atoms with van der Waals surface area (Å²) in [5, 5.41) is 4.71. The van der Waals surface area contributed by atoms with Gasteiger partial charge in [0, 0.05) is 5.56 Å². The Bertz CT molecular complexity index is 523. The van der Waals surface area contributed by atoms with Crippen molar-refractivity contribution >= 4 is 28.7 Å². The van der Waals surface area contributed by atoms with Crippen molar-refractivity contribution < 1.29 is 14.3 Å². The molecule has 19 heavy (non-hydrogen) atoms. The minimum absolute atomic E-state index is 0.106. The van der Waals surface area contributed by atoms with E-state index in [0.29, 0.717) is 11.3 Å². The number of carbonyl (C=O) groups excluding carboxylic acids is 2. The molecule has 1 amide bonds. The van der Waals surface area contributed by atoms with Crippen molar-refractivity contribution in [3.63, 3.8) is 0 Å². The van der Waals surface area contributed by atoms with E-state index in [0.717, 1.165) is 10.6 Å². The van der Waals surface area contributed by atoms with E-state index in [1.54, 1.807) is 24.3 Å². The first kappa shape index (κ1) is 13.6. The molecule has 0 radical (unpaired) electrons. The second-order valence-electron chi connectivity index (χ2n) is 4.27. The lowest BCUT2D eigenvalue weighted by atomic mass is 10.1. The maximum absolute atomic E-state index is 11.7. The summed E-state index contributed by atoms with van der Waals surface area (Å²) < 4.78 is 5.10. The van der Waals surface area contributed by atoms with E-state index in [1.165, 1.54) is 11.8 Å². The van der Waals surface area contributed by atoms with Crippen LogP contribution in [0.25, 0.3) is 0 Å². The van der Waals surface area contributed by atoms with Crippen LogP contribution < -0.4 is 5.43 Å². The van der Waals surface area contributed by atoms with Gasteiger partial charge in [-0.2, -0.15) is 5.10 Å². The van der Waals surface area contributed by atoms with E-state index < -0.39 is 0 Å². The number of benzene rings is 1. The van der Waals surface area contributed by atoms with E-state index in [2.05, 4.69) is 10.5 Å². The molecule has 0 aromatic heterocycles. The Hall–Kier alpha value is -1.82. The average Bonchev–Trinajstić information content (AvgIpc) is 2.39. The quantitative estimate of drug-likeness (QED) is 0.856. The standard InChI is InChI=1S/C13H14N2O3S/c1-8(2)18-13(17)10-5-3-9(4-6-10)12-15-14-11(16)7-19-12/h3-6,8H,7H2,1-2H3,(H,14,16). The fourth-order valence-corrected chi connectivity index (χ4v) is 2.24. The van der Waals surface area contributed by atoms with Gasteiger partial charge in [0.2, 0.25) is 0 Å². The van der Waals surface area contributed by atoms with Crippen LogP contribution in [-0.4, -0.2) is 28.8 Å². The number of amides is 1. The average molecular weight is 278 g/mol. The Morgan fingerprint density at radius 1 is 1.37 bits per heavy atom. The Morgan fingerprint density at radius 3 is 2.58 bits per heavy atom. The van der Waals surface area contributed by atoms with Crippen LogP contribution in [0.5, 0.6) is 0 Å². The predicted octanol–water partition coefficient (Wildman–Crippen LogP) is 1.78. The number of carbonyl (C=O) groups is 2. The number of thioether (sulfide) groups is 1. The number of hydrazone groups is 1. The summed E-state index contributed by atoms with van der Waals surface area (Å²) in [5.41, 5.74) is 3.80. The fraction of sp³-hybridized carbons (Fsp3) is 0.308. The van der Waals surface area contributed by atoms with Crippen molar-refractivity contribution in [3.8, 4) is 0 Å². The van der Waals surface area contributed by atoms with Gasteiger partial charge in [-0.25, -0.2) is 10.2 Å². The van der Waals surface area contributed by atoms with Gasteiger partial charge in [0.05, 0.1) is 17.4 Å². The topological polar surface area (TPSA) is 67.8 Å². The number of rotatable bonds is 3. The third-order valence-corrected chi connectivity index (χ3v) is 3.34. The zero-order valence-electron chi connectivity index (χ0n) is 10.7. The van der Waals surface area contributed by atoms with E-state index in [4.69, 9.17) is 4.74 Å². The first-order valence-electron chi connectivity index (χ1n) is 5.87. The molecule has 1 aromatic carbocycles. The predicted molar refractivity (Wildman–Crippen MR) is 74.1 cm³/mol. The molecule has 1 aromatic rings. The lowest BCUT2D eigenvalue weighted by Crippen LogP contribution is -2.26. The van der Waals surface area contributed by atoms with Crippen LogP contribution in [0.15, 0.2) is 29.4 Å². The van der Waals surface area contributed by atoms with Crippen LogP contribution in [-0.2, 0) is 9.53 Å². The molecule has 2 rings (SSSR count). The van der Waals surface area contributed by atoms with Gasteiger partial charge in [0.25, 0.3) is 5.91 Å². The summed E-state index contributed by atoms with van der Waals surface area (Å²) in [6.45, 7) is 3.62. The fourth-order valence-electron chi connectivity index (χ4n) is 1.49. The molecule has 0 fully saturated rings. The van der Waals surface area contributed by atoms with Crippen molar-refractivity contribution in [3.05, 3.63) is 35.4 Å². The van der Waals surface area contributed by atoms with Gasteiger partial charge in [-0.05, 0) is 26.0 Å². The molecule has 1 aliphatic heterocycles. The molecule has 0 spiro atoms. The summed E-state index contributed by atoms with van der Waals surface area (Å²) in [6, 6.07) is 6.97. The molecule has 0 unspecified atom stereocenters. The maximum atomic E-state index is 11.7. The van der Waals surface area contributed by atoms with Crippen molar-refractivity contribution in [1.29, 1.82) is 0 Å². The molecule has 1 heterocycles. The lowest BCUT2D eigenvalue weighted by molar-refractivity contribution is -0.118. The first-order valence-corrected chi connectivity index (χ1v) is 6.85. The highest BCUT2D eigenvalue weighted by Gasteiger charge is 2.15. The number of esters is 1. The second kappa shape index (κ2) is 5.88. The molecule has 100 valence electrons. The molecule has 6 heteroatoms. The number of hydrogen-bond acceptors (Lipinski definition) is 5. The summed E-state index contributed by atoms with van der Waals surface area (Å²) in [5.74, 6) is -0.0883. The summed E-state index contributed by atoms with van der Waals surface area (Å²) in [6.07, 6.45) is -0.138. The molecule has 1 N–H and O–H groups in total. The van der Waals surface area contributed by atoms with Crippen LogP contribution in [0.1, 0.15) is 29.8 Å². The zero-order valence-corrected chi connectivity index (χ0v) is 11.5. The highest BCUT2D eigenvalue weighted by Crippen LogP contribution is 2.17. The largest absolute Gasteiger partial charge is 0.459 e. The zero-order chi connectivity index (χ0) is 13.8. The monoisotopic (exact) mass is 278 g/mol. The van der Waals surface area contributed by atoms with E-state index in [-0.39, 0.29) is 18.0 Å². The van der Waals surface area contributed by atoms with Crippen molar-refractivity contribution in [1.82, 2.24) is 5.43 Å². The number of hydrogen-bond donors (Lipinski definition) is 1. The van der Waals surface area contributed by atoms with E-state index in [1.807, 2.05) is 13.8 Å². The van der Waals surface area contributed by atoms with Gasteiger partial charge in [-0.15, -0.1) is 0 Å². The summed E-state index contributed by atoms with van der Waals surface area (Å²) >= 11 is 1.37. The Balaban J connectivity index is 2.10. The van der Waals surface area contributed by atoms with Crippen LogP contribution in [0.2, 0.25) is 0 Å². The minimum Gasteiger partial charge on any atom is -0.459 e. The molecule has 1 aliphatic rings. The molecule has 0 aliphatic carbocycles. The maximum Gasteiger partial charge on any atom is 0.338 e. The van der Waals surface area contributed by atoms with Crippen molar-refractivity contribution in [2.45, 2.75) is 20.0 Å². The Labute approximate surface area is 115 Å². The van der Waals surface area contributed by atoms with Gasteiger partial charge in [0.15, 0.2) is 0 Å². The first-order chi connectivity index (χ1) is 9.06. The van der Waals surface area contributed by atoms with Crippen LogP contribution >= 0.6 is 11.8 Å². The molecule has 0 bridgehead atoms. The van der Waals surface area contributed by atoms with Gasteiger partial charge in [-0.3, -0.25) is 4.79 Å². The van der Waals surface area contributed by atoms with Crippen molar-refractivity contribution in [2.75, 3.05) is 5.75 Å². The number of nitrogens with one attached hydrogen (secondary N) is 1. The van der Waals surface area contributed by atoms with Gasteiger partial charge in [-0.1, -0.05) is 23.9 Å². The van der Waals surface area contributed by atoms with E-state index in [9.17, 15) is 9.59 Å². The Morgan fingerprint density at radius 2 is 2.05 bits per heavy atom. The molecular formula is C13H14N2O3S. The smallest absolute Gasteiger partial charge is 0.338 e. The third-order valence-electron chi connectivity index (χ3n) is 2.33. The minimum atomic E-state index is -0.340. The lowest BCUT2D eigenvalue weighted by Gasteiger charge is -2.12. The van der Waals surface area contributed by atoms with Gasteiger partial charge >= 0.3 is 5.97 Å². The summed E-state index contributed by atoms with van der Waals surface area (Å²) in [4.78, 5) is 22.7. The summed E-state index contributed by atoms with van der Waals surface area (Å²) in [7, 11) is 0. The van der Waals surface area contributed by atoms with Gasteiger partial charge in [0.1, 0.15) is 5.04 Å². The Kier molecular flexibility index (Phi) is 4.21. The number of nitrogens with zero attached hydrogens (tertiary/aromatic N) is 1. The van der Waals surface area contributed by atoms with Gasteiger partial charge < -0.3 is 4.74 Å². The highest BCUT2D eigenvalue weighted by atomic mass is 32.2. The molecule has 0 atom stereocenters. The number of ether oxygens (including phenoxy) is 1. The third kappa shape index (κ3) is 3.57. The molecule has 0 saturated heterocycles. The molecule has 5 nitrogen and oxygen atoms in total.